The van der Waals surface area contributed by atoms with Crippen molar-refractivity contribution in [1.82, 2.24) is 0 Å². The van der Waals surface area contributed by atoms with Crippen LogP contribution in [0, 0.1) is 0 Å². The van der Waals surface area contributed by atoms with Crippen molar-refractivity contribution < 1.29 is 24.5 Å². The normalized spacial score (nSPS) is 10.5. The summed E-state index contributed by atoms with van der Waals surface area (Å²) >= 11 is 0. The van der Waals surface area contributed by atoms with E-state index in [1.807, 2.05) is 6.92 Å². The number of phenolic OH excluding ortho intramolecular Hbond substituents is 2. The van der Waals surface area contributed by atoms with Gasteiger partial charge in [0.2, 0.25) is 5.75 Å². The summed E-state index contributed by atoms with van der Waals surface area (Å²) in [6, 6.07) is 9.66. The van der Waals surface area contributed by atoms with Crippen LogP contribution in [0.5, 0.6) is 23.0 Å². The molecule has 134 valence electrons. The zero-order valence-corrected chi connectivity index (χ0v) is 14.6. The fourth-order valence-corrected chi connectivity index (χ4v) is 2.27. The van der Waals surface area contributed by atoms with Crippen molar-refractivity contribution in [3.63, 3.8) is 0 Å². The van der Waals surface area contributed by atoms with E-state index in [-0.39, 0.29) is 17.1 Å². The van der Waals surface area contributed by atoms with Gasteiger partial charge in [-0.05, 0) is 49.2 Å². The number of benzene rings is 2. The second-order valence-electron chi connectivity index (χ2n) is 5.71. The van der Waals surface area contributed by atoms with Gasteiger partial charge in [0.15, 0.2) is 17.3 Å². The lowest BCUT2D eigenvalue weighted by molar-refractivity contribution is 0.103. The molecule has 2 rings (SSSR count). The Morgan fingerprint density at radius 3 is 2.24 bits per heavy atom. The molecule has 0 amide bonds. The Kier molecular flexibility index (Phi) is 6.69. The predicted octanol–water partition coefficient (Wildman–Crippen LogP) is 4.30. The molecule has 2 aromatic rings. The summed E-state index contributed by atoms with van der Waals surface area (Å²) in [6.07, 6.45) is 2.80. The van der Waals surface area contributed by atoms with E-state index in [4.69, 9.17) is 9.47 Å². The largest absolute Gasteiger partial charge is 0.504 e. The van der Waals surface area contributed by atoms with Crippen molar-refractivity contribution in [2.24, 2.45) is 0 Å². The first kappa shape index (κ1) is 18.6. The molecule has 0 aliphatic carbocycles. The van der Waals surface area contributed by atoms with E-state index in [0.29, 0.717) is 24.5 Å². The molecular weight excluding hydrogens is 320 g/mol. The van der Waals surface area contributed by atoms with Crippen molar-refractivity contribution in [2.45, 2.75) is 33.1 Å². The van der Waals surface area contributed by atoms with Gasteiger partial charge >= 0.3 is 0 Å². The first-order chi connectivity index (χ1) is 12.1. The molecule has 2 N–H and O–H groups in total. The lowest BCUT2D eigenvalue weighted by Gasteiger charge is -2.11. The Balaban J connectivity index is 2.15. The van der Waals surface area contributed by atoms with Gasteiger partial charge in [0, 0.05) is 5.56 Å². The van der Waals surface area contributed by atoms with Gasteiger partial charge < -0.3 is 19.7 Å². The predicted molar refractivity (Wildman–Crippen MR) is 95.8 cm³/mol. The summed E-state index contributed by atoms with van der Waals surface area (Å²) in [6.45, 7) is 5.08. The Bertz CT molecular complexity index is 707. The van der Waals surface area contributed by atoms with Crippen LogP contribution in [0.25, 0.3) is 0 Å². The fraction of sp³-hybridized carbons (Fsp3) is 0.350. The van der Waals surface area contributed by atoms with Crippen molar-refractivity contribution in [2.75, 3.05) is 13.2 Å². The van der Waals surface area contributed by atoms with Crippen molar-refractivity contribution in [3.05, 3.63) is 47.5 Å². The number of ketones is 1. The number of carbonyl (C=O) groups excluding carboxylic acids is 1. The van der Waals surface area contributed by atoms with Crippen LogP contribution in [0.2, 0.25) is 0 Å². The minimum Gasteiger partial charge on any atom is -0.504 e. The minimum absolute atomic E-state index is 0.0287. The van der Waals surface area contributed by atoms with Gasteiger partial charge in [0.1, 0.15) is 5.75 Å². The number of aromatic hydroxyl groups is 2. The summed E-state index contributed by atoms with van der Waals surface area (Å²) in [4.78, 5) is 12.6. The van der Waals surface area contributed by atoms with Crippen molar-refractivity contribution in [3.8, 4) is 23.0 Å². The highest BCUT2D eigenvalue weighted by molar-refractivity contribution is 6.11. The van der Waals surface area contributed by atoms with E-state index in [1.54, 1.807) is 24.3 Å². The molecular formula is C20H24O5. The zero-order chi connectivity index (χ0) is 18.2. The smallest absolute Gasteiger partial charge is 0.201 e. The quantitative estimate of drug-likeness (QED) is 0.403. The number of phenols is 2. The Hall–Kier alpha value is -2.69. The van der Waals surface area contributed by atoms with E-state index in [2.05, 4.69) is 6.92 Å². The first-order valence-electron chi connectivity index (χ1n) is 8.53. The molecule has 2 aromatic carbocycles. The molecule has 0 aliphatic heterocycles. The minimum atomic E-state index is -0.470. The number of hydrogen-bond donors (Lipinski definition) is 2. The molecule has 5 heteroatoms. The summed E-state index contributed by atoms with van der Waals surface area (Å²) in [5.74, 6) is -0.411. The molecule has 25 heavy (non-hydrogen) atoms. The second kappa shape index (κ2) is 8.97. The van der Waals surface area contributed by atoms with E-state index in [1.165, 1.54) is 12.1 Å². The monoisotopic (exact) mass is 344 g/mol. The van der Waals surface area contributed by atoms with Gasteiger partial charge in [-0.2, -0.15) is 0 Å². The molecule has 0 atom stereocenters. The number of hydrogen-bond acceptors (Lipinski definition) is 5. The average molecular weight is 344 g/mol. The standard InChI is InChI=1S/C20H24O5/c1-3-5-13-24-15-8-6-14(7-9-15)18(21)16-10-11-17(25-12-4-2)20(23)19(16)22/h6-11,22-23H,3-5,12-13H2,1-2H3. The molecule has 0 bridgehead atoms. The van der Waals surface area contributed by atoms with Crippen LogP contribution in [0.15, 0.2) is 36.4 Å². The zero-order valence-electron chi connectivity index (χ0n) is 14.6. The van der Waals surface area contributed by atoms with Gasteiger partial charge in [0.05, 0.1) is 18.8 Å². The van der Waals surface area contributed by atoms with Gasteiger partial charge in [-0.1, -0.05) is 20.3 Å². The van der Waals surface area contributed by atoms with E-state index < -0.39 is 11.5 Å². The van der Waals surface area contributed by atoms with Crippen LogP contribution in [0.1, 0.15) is 49.0 Å². The van der Waals surface area contributed by atoms with E-state index >= 15 is 0 Å². The van der Waals surface area contributed by atoms with Gasteiger partial charge in [0.25, 0.3) is 0 Å². The molecule has 0 radical (unpaired) electrons. The summed E-state index contributed by atoms with van der Waals surface area (Å²) in [5, 5.41) is 20.1. The number of rotatable bonds is 9. The van der Waals surface area contributed by atoms with Crippen LogP contribution in [-0.2, 0) is 0 Å². The second-order valence-corrected chi connectivity index (χ2v) is 5.71. The van der Waals surface area contributed by atoms with Crippen LogP contribution < -0.4 is 9.47 Å². The van der Waals surface area contributed by atoms with Gasteiger partial charge in [-0.15, -0.1) is 0 Å². The van der Waals surface area contributed by atoms with Crippen LogP contribution in [0.3, 0.4) is 0 Å². The lowest BCUT2D eigenvalue weighted by Crippen LogP contribution is -2.03. The molecule has 0 unspecified atom stereocenters. The highest BCUT2D eigenvalue weighted by Gasteiger charge is 2.19. The van der Waals surface area contributed by atoms with Crippen LogP contribution in [-0.4, -0.2) is 29.2 Å². The Labute approximate surface area is 147 Å². The fourth-order valence-electron chi connectivity index (χ4n) is 2.27. The third-order valence-corrected chi connectivity index (χ3v) is 3.70. The van der Waals surface area contributed by atoms with Gasteiger partial charge in [-0.25, -0.2) is 0 Å². The summed E-state index contributed by atoms with van der Waals surface area (Å²) in [5.41, 5.74) is 0.431. The maximum atomic E-state index is 12.6. The molecule has 0 saturated carbocycles. The van der Waals surface area contributed by atoms with E-state index in [0.717, 1.165) is 19.3 Å². The van der Waals surface area contributed by atoms with Crippen molar-refractivity contribution >= 4 is 5.78 Å². The molecule has 0 saturated heterocycles. The molecule has 0 aliphatic rings. The summed E-state index contributed by atoms with van der Waals surface area (Å²) in [7, 11) is 0. The Morgan fingerprint density at radius 2 is 1.60 bits per heavy atom. The van der Waals surface area contributed by atoms with E-state index in [9.17, 15) is 15.0 Å². The molecule has 0 fully saturated rings. The molecule has 0 heterocycles. The van der Waals surface area contributed by atoms with Gasteiger partial charge in [-0.3, -0.25) is 4.79 Å². The number of unbranched alkanes of at least 4 members (excludes halogenated alkanes) is 1. The maximum absolute atomic E-state index is 12.6. The molecule has 5 nitrogen and oxygen atoms in total. The SMILES string of the molecule is CCCCOc1ccc(C(=O)c2ccc(OCCC)c(O)c2O)cc1. The Morgan fingerprint density at radius 1 is 0.880 bits per heavy atom. The lowest BCUT2D eigenvalue weighted by atomic mass is 10.0. The molecule has 0 spiro atoms. The number of ether oxygens (including phenoxy) is 2. The third-order valence-electron chi connectivity index (χ3n) is 3.70. The van der Waals surface area contributed by atoms with Crippen molar-refractivity contribution in [1.29, 1.82) is 0 Å². The van der Waals surface area contributed by atoms with Crippen LogP contribution in [0.4, 0.5) is 0 Å². The molecule has 0 aromatic heterocycles. The first-order valence-corrected chi connectivity index (χ1v) is 8.53. The third kappa shape index (κ3) is 4.66. The highest BCUT2D eigenvalue weighted by atomic mass is 16.5. The average Bonchev–Trinajstić information content (AvgIpc) is 2.63. The topological polar surface area (TPSA) is 76.0 Å². The summed E-state index contributed by atoms with van der Waals surface area (Å²) < 4.78 is 10.9. The number of carbonyl (C=O) groups is 1. The highest BCUT2D eigenvalue weighted by Crippen LogP contribution is 2.39. The van der Waals surface area contributed by atoms with Crippen LogP contribution >= 0.6 is 0 Å². The maximum Gasteiger partial charge on any atom is 0.201 e.